The Balaban J connectivity index is 1.84. The van der Waals surface area contributed by atoms with Crippen LogP contribution in [-0.2, 0) is 11.3 Å². The molecule has 1 saturated heterocycles. The molecule has 2 atom stereocenters. The fraction of sp³-hybridized carbons (Fsp3) is 0.480. The molecule has 0 radical (unpaired) electrons. The lowest BCUT2D eigenvalue weighted by atomic mass is 10.1. The summed E-state index contributed by atoms with van der Waals surface area (Å²) in [6.45, 7) is 9.42. The van der Waals surface area contributed by atoms with Gasteiger partial charge in [-0.1, -0.05) is 43.7 Å². The van der Waals surface area contributed by atoms with Crippen molar-refractivity contribution in [3.63, 3.8) is 0 Å². The predicted molar refractivity (Wildman–Crippen MR) is 126 cm³/mol. The lowest BCUT2D eigenvalue weighted by molar-refractivity contribution is -0.124. The van der Waals surface area contributed by atoms with Crippen molar-refractivity contribution < 1.29 is 9.59 Å². The Hall–Kier alpha value is -2.77. The summed E-state index contributed by atoms with van der Waals surface area (Å²) >= 11 is 0. The van der Waals surface area contributed by atoms with Crippen LogP contribution in [0.1, 0.15) is 41.8 Å². The minimum absolute atomic E-state index is 0.0907. The van der Waals surface area contributed by atoms with Crippen molar-refractivity contribution in [1.29, 1.82) is 0 Å². The number of nitrogens with two attached hydrogens (primary N) is 1. The van der Waals surface area contributed by atoms with E-state index in [4.69, 9.17) is 5.73 Å². The highest BCUT2D eigenvalue weighted by atomic mass is 16.2. The van der Waals surface area contributed by atoms with Gasteiger partial charge in [-0.25, -0.2) is 0 Å². The summed E-state index contributed by atoms with van der Waals surface area (Å²) in [5, 5.41) is 2.87. The predicted octanol–water partition coefficient (Wildman–Crippen LogP) is 2.21. The van der Waals surface area contributed by atoms with Crippen molar-refractivity contribution >= 4 is 11.8 Å². The number of amides is 2. The van der Waals surface area contributed by atoms with Crippen molar-refractivity contribution in [3.05, 3.63) is 65.5 Å². The maximum absolute atomic E-state index is 13.3. The number of benzene rings is 1. The van der Waals surface area contributed by atoms with Crippen molar-refractivity contribution in [2.45, 2.75) is 45.8 Å². The van der Waals surface area contributed by atoms with Gasteiger partial charge in [-0.15, -0.1) is 0 Å². The molecular weight excluding hydrogens is 402 g/mol. The van der Waals surface area contributed by atoms with E-state index in [0.29, 0.717) is 37.5 Å². The molecule has 2 heterocycles. The van der Waals surface area contributed by atoms with Gasteiger partial charge in [-0.2, -0.15) is 0 Å². The summed E-state index contributed by atoms with van der Waals surface area (Å²) in [6.07, 6.45) is 3.80. The highest BCUT2D eigenvalue weighted by Gasteiger charge is 2.42. The molecule has 2 unspecified atom stereocenters. The first kappa shape index (κ1) is 23.9. The van der Waals surface area contributed by atoms with Gasteiger partial charge in [0.15, 0.2) is 0 Å². The van der Waals surface area contributed by atoms with Gasteiger partial charge < -0.3 is 16.0 Å². The monoisotopic (exact) mass is 437 g/mol. The summed E-state index contributed by atoms with van der Waals surface area (Å²) < 4.78 is 0. The molecular formula is C25H35N5O2. The van der Waals surface area contributed by atoms with Crippen LogP contribution in [0.15, 0.2) is 48.8 Å². The first-order chi connectivity index (χ1) is 15.4. The van der Waals surface area contributed by atoms with Crippen molar-refractivity contribution in [2.75, 3.05) is 26.2 Å². The second kappa shape index (κ2) is 11.2. The number of aryl methyl sites for hydroxylation is 1. The number of nitrogens with zero attached hydrogens (tertiary/aromatic N) is 3. The topological polar surface area (TPSA) is 91.6 Å². The number of likely N-dealkylation sites (tertiary alicyclic amines) is 1. The number of hydrogen-bond acceptors (Lipinski definition) is 5. The lowest BCUT2D eigenvalue weighted by Crippen LogP contribution is -2.47. The van der Waals surface area contributed by atoms with E-state index in [0.717, 1.165) is 13.1 Å². The fourth-order valence-corrected chi connectivity index (χ4v) is 4.26. The van der Waals surface area contributed by atoms with Crippen LogP contribution in [0, 0.1) is 12.8 Å². The van der Waals surface area contributed by atoms with Gasteiger partial charge in [-0.05, 0) is 37.0 Å². The maximum Gasteiger partial charge on any atom is 0.256 e. The molecule has 3 rings (SSSR count). The normalized spacial score (nSPS) is 18.4. The van der Waals surface area contributed by atoms with Crippen molar-refractivity contribution in [2.24, 2.45) is 11.7 Å². The largest absolute Gasteiger partial charge is 0.353 e. The molecule has 2 aromatic rings. The van der Waals surface area contributed by atoms with Gasteiger partial charge in [0.25, 0.3) is 5.91 Å². The lowest BCUT2D eigenvalue weighted by Gasteiger charge is -2.30. The first-order valence-corrected chi connectivity index (χ1v) is 11.4. The second-order valence-electron chi connectivity index (χ2n) is 8.99. The third-order valence-electron chi connectivity index (χ3n) is 5.82. The van der Waals surface area contributed by atoms with E-state index in [-0.39, 0.29) is 17.9 Å². The molecule has 1 fully saturated rings. The van der Waals surface area contributed by atoms with Gasteiger partial charge in [0.05, 0.1) is 5.56 Å². The minimum atomic E-state index is -0.521. The van der Waals surface area contributed by atoms with Gasteiger partial charge >= 0.3 is 0 Å². The van der Waals surface area contributed by atoms with E-state index in [1.165, 1.54) is 11.1 Å². The minimum Gasteiger partial charge on any atom is -0.353 e. The molecule has 7 nitrogen and oxygen atoms in total. The Morgan fingerprint density at radius 3 is 2.62 bits per heavy atom. The number of rotatable bonds is 9. The average Bonchev–Trinajstić information content (AvgIpc) is 3.24. The highest BCUT2D eigenvalue weighted by Crippen LogP contribution is 2.26. The molecule has 1 aromatic heterocycles. The van der Waals surface area contributed by atoms with E-state index < -0.39 is 6.04 Å². The molecule has 0 aliphatic carbocycles. The molecule has 7 heteroatoms. The number of pyridine rings is 1. The third kappa shape index (κ3) is 6.14. The zero-order valence-electron chi connectivity index (χ0n) is 19.3. The Morgan fingerprint density at radius 1 is 1.25 bits per heavy atom. The Bertz CT molecular complexity index is 885. The molecule has 2 amide bonds. The Morgan fingerprint density at radius 2 is 2.00 bits per heavy atom. The summed E-state index contributed by atoms with van der Waals surface area (Å²) in [7, 11) is 0. The van der Waals surface area contributed by atoms with Crippen LogP contribution in [0.3, 0.4) is 0 Å². The number of carbonyl (C=O) groups excluding carboxylic acids is 2. The van der Waals surface area contributed by atoms with Gasteiger partial charge in [0.2, 0.25) is 5.91 Å². The van der Waals surface area contributed by atoms with E-state index >= 15 is 0 Å². The smallest absolute Gasteiger partial charge is 0.256 e. The highest BCUT2D eigenvalue weighted by molar-refractivity contribution is 5.97. The van der Waals surface area contributed by atoms with Crippen LogP contribution in [-0.4, -0.2) is 64.9 Å². The number of carbonyl (C=O) groups is 2. The molecule has 1 aromatic carbocycles. The number of hydrogen-bond donors (Lipinski definition) is 2. The zero-order chi connectivity index (χ0) is 23.1. The fourth-order valence-electron chi connectivity index (χ4n) is 4.26. The summed E-state index contributed by atoms with van der Waals surface area (Å²) in [6, 6.07) is 11.6. The molecule has 1 aliphatic heterocycles. The Kier molecular flexibility index (Phi) is 8.36. The first-order valence-electron chi connectivity index (χ1n) is 11.4. The third-order valence-corrected chi connectivity index (χ3v) is 5.82. The zero-order valence-corrected chi connectivity index (χ0v) is 19.3. The van der Waals surface area contributed by atoms with Crippen LogP contribution in [0.4, 0.5) is 0 Å². The quantitative estimate of drug-likeness (QED) is 0.628. The molecule has 1 aliphatic rings. The van der Waals surface area contributed by atoms with Gasteiger partial charge in [0, 0.05) is 51.2 Å². The summed E-state index contributed by atoms with van der Waals surface area (Å²) in [4.78, 5) is 34.4. The Labute approximate surface area is 191 Å². The van der Waals surface area contributed by atoms with Crippen LogP contribution in [0.2, 0.25) is 0 Å². The van der Waals surface area contributed by atoms with E-state index in [9.17, 15) is 9.59 Å². The van der Waals surface area contributed by atoms with Gasteiger partial charge in [-0.3, -0.25) is 19.5 Å². The van der Waals surface area contributed by atoms with Crippen LogP contribution in [0.5, 0.6) is 0 Å². The average molecular weight is 438 g/mol. The molecule has 0 saturated carbocycles. The summed E-state index contributed by atoms with van der Waals surface area (Å²) in [5.41, 5.74) is 8.54. The van der Waals surface area contributed by atoms with Gasteiger partial charge in [0.1, 0.15) is 6.04 Å². The molecule has 0 bridgehead atoms. The molecule has 3 N–H and O–H groups in total. The van der Waals surface area contributed by atoms with E-state index in [2.05, 4.69) is 60.2 Å². The molecule has 0 spiro atoms. The molecule has 32 heavy (non-hydrogen) atoms. The molecule has 172 valence electrons. The number of aromatic nitrogens is 1. The van der Waals surface area contributed by atoms with Crippen molar-refractivity contribution in [3.8, 4) is 0 Å². The van der Waals surface area contributed by atoms with Crippen LogP contribution >= 0.6 is 0 Å². The van der Waals surface area contributed by atoms with Crippen LogP contribution in [0.25, 0.3) is 0 Å². The number of nitrogens with one attached hydrogen (secondary N) is 1. The standard InChI is InChI=1S/C25H35N5O2/c1-18(2)15-29(16-20-8-6-19(3)7-9-20)22-13-23(24(31)28-12-10-26)30(17-22)25(32)21-5-4-11-27-14-21/h4-9,11,14,18,22-23H,10,12-13,15-17,26H2,1-3H3,(H,28,31). The van der Waals surface area contributed by atoms with Crippen LogP contribution < -0.4 is 11.1 Å². The second-order valence-corrected chi connectivity index (χ2v) is 8.99. The van der Waals surface area contributed by atoms with Crippen molar-refractivity contribution in [1.82, 2.24) is 20.1 Å². The summed E-state index contributed by atoms with van der Waals surface area (Å²) in [5.74, 6) is 0.163. The van der Waals surface area contributed by atoms with E-state index in [1.807, 2.05) is 0 Å². The SMILES string of the molecule is Cc1ccc(CN(CC(C)C)C2CC(C(=O)NCCN)N(C(=O)c3cccnc3)C2)cc1. The maximum atomic E-state index is 13.3. The van der Waals surface area contributed by atoms with E-state index in [1.54, 1.807) is 29.4 Å².